The summed E-state index contributed by atoms with van der Waals surface area (Å²) < 4.78 is 5.72. The zero-order chi connectivity index (χ0) is 24.6. The number of nitriles is 1. The molecule has 1 aromatic heterocycles. The second kappa shape index (κ2) is 10.9. The van der Waals surface area contributed by atoms with Crippen LogP contribution in [0.2, 0.25) is 0 Å². The largest absolute Gasteiger partial charge is 0.483 e. The monoisotopic (exact) mass is 482 g/mol. The maximum atomic E-state index is 12.2. The number of non-ortho nitro benzene ring substituents is 1. The predicted molar refractivity (Wildman–Crippen MR) is 135 cm³/mol. The van der Waals surface area contributed by atoms with Crippen molar-refractivity contribution in [1.29, 1.82) is 5.26 Å². The summed E-state index contributed by atoms with van der Waals surface area (Å²) in [5.41, 5.74) is 2.68. The highest BCUT2D eigenvalue weighted by atomic mass is 32.1. The average Bonchev–Trinajstić information content (AvgIpc) is 3.37. The van der Waals surface area contributed by atoms with Crippen LogP contribution < -0.4 is 10.1 Å². The van der Waals surface area contributed by atoms with Gasteiger partial charge in [0.05, 0.1) is 16.2 Å². The van der Waals surface area contributed by atoms with Gasteiger partial charge in [-0.1, -0.05) is 48.5 Å². The minimum absolute atomic E-state index is 0.0320. The molecule has 1 amide bonds. The van der Waals surface area contributed by atoms with Gasteiger partial charge in [-0.05, 0) is 24.3 Å². The standard InChI is InChI=1S/C26H18N4O4S/c27-15-20(26-29-23(17-35-26)18-8-6-11-22(14-18)30(32)33)13-19-7-4-5-12-24(19)34-16-25(31)28-21-9-2-1-3-10-21/h1-14,17H,16H2,(H,28,31)/b20-13+. The number of carbonyl (C=O) groups excluding carboxylic acids is 1. The van der Waals surface area contributed by atoms with Crippen LogP contribution in [0.3, 0.4) is 0 Å². The molecule has 0 radical (unpaired) electrons. The van der Waals surface area contributed by atoms with Gasteiger partial charge in [0.2, 0.25) is 0 Å². The molecule has 0 unspecified atom stereocenters. The van der Waals surface area contributed by atoms with Gasteiger partial charge in [-0.3, -0.25) is 14.9 Å². The molecule has 0 spiro atoms. The van der Waals surface area contributed by atoms with Crippen LogP contribution in [-0.2, 0) is 4.79 Å². The number of amides is 1. The maximum Gasteiger partial charge on any atom is 0.270 e. The molecule has 4 aromatic rings. The van der Waals surface area contributed by atoms with Gasteiger partial charge in [0.25, 0.3) is 11.6 Å². The number of nitrogens with zero attached hydrogens (tertiary/aromatic N) is 3. The van der Waals surface area contributed by atoms with Gasteiger partial charge in [0, 0.05) is 34.3 Å². The first-order valence-electron chi connectivity index (χ1n) is 10.4. The van der Waals surface area contributed by atoms with Crippen molar-refractivity contribution in [3.8, 4) is 23.1 Å². The number of aromatic nitrogens is 1. The number of nitro groups is 1. The molecule has 0 bridgehead atoms. The van der Waals surface area contributed by atoms with E-state index in [0.29, 0.717) is 38.8 Å². The van der Waals surface area contributed by atoms with Crippen molar-refractivity contribution in [3.05, 3.63) is 105 Å². The van der Waals surface area contributed by atoms with E-state index >= 15 is 0 Å². The number of thiazole rings is 1. The van der Waals surface area contributed by atoms with E-state index in [1.54, 1.807) is 60.0 Å². The first-order chi connectivity index (χ1) is 17.0. The Hall–Kier alpha value is -4.81. The molecule has 9 heteroatoms. The first kappa shape index (κ1) is 23.4. The number of ether oxygens (including phenoxy) is 1. The highest BCUT2D eigenvalue weighted by Gasteiger charge is 2.13. The molecule has 3 aromatic carbocycles. The number of anilines is 1. The minimum atomic E-state index is -0.464. The summed E-state index contributed by atoms with van der Waals surface area (Å²) in [7, 11) is 0. The molecule has 0 saturated carbocycles. The van der Waals surface area contributed by atoms with Gasteiger partial charge in [0.1, 0.15) is 16.8 Å². The van der Waals surface area contributed by atoms with Crippen molar-refractivity contribution in [1.82, 2.24) is 4.98 Å². The number of allylic oxidation sites excluding steroid dienone is 1. The van der Waals surface area contributed by atoms with Crippen molar-refractivity contribution >= 4 is 40.3 Å². The van der Waals surface area contributed by atoms with Crippen LogP contribution in [-0.4, -0.2) is 22.4 Å². The van der Waals surface area contributed by atoms with E-state index < -0.39 is 4.92 Å². The van der Waals surface area contributed by atoms with Gasteiger partial charge in [-0.25, -0.2) is 4.98 Å². The summed E-state index contributed by atoms with van der Waals surface area (Å²) in [4.78, 5) is 27.3. The number of para-hydroxylation sites is 2. The summed E-state index contributed by atoms with van der Waals surface area (Å²) in [6, 6.07) is 24.5. The topological polar surface area (TPSA) is 118 Å². The van der Waals surface area contributed by atoms with Gasteiger partial charge in [0.15, 0.2) is 6.61 Å². The molecule has 35 heavy (non-hydrogen) atoms. The minimum Gasteiger partial charge on any atom is -0.483 e. The summed E-state index contributed by atoms with van der Waals surface area (Å²) in [5, 5.41) is 25.8. The lowest BCUT2D eigenvalue weighted by atomic mass is 10.1. The van der Waals surface area contributed by atoms with Crippen molar-refractivity contribution in [3.63, 3.8) is 0 Å². The van der Waals surface area contributed by atoms with Crippen molar-refractivity contribution < 1.29 is 14.5 Å². The van der Waals surface area contributed by atoms with Crippen molar-refractivity contribution in [2.75, 3.05) is 11.9 Å². The van der Waals surface area contributed by atoms with E-state index in [1.807, 2.05) is 18.2 Å². The van der Waals surface area contributed by atoms with Crippen molar-refractivity contribution in [2.24, 2.45) is 0 Å². The lowest BCUT2D eigenvalue weighted by Gasteiger charge is -2.10. The van der Waals surface area contributed by atoms with Crippen LogP contribution in [0.25, 0.3) is 22.9 Å². The van der Waals surface area contributed by atoms with E-state index in [0.717, 1.165) is 0 Å². The second-order valence-corrected chi connectivity index (χ2v) is 8.11. The molecule has 0 aliphatic rings. The van der Waals surface area contributed by atoms with E-state index in [2.05, 4.69) is 16.4 Å². The SMILES string of the molecule is N#C/C(=C\c1ccccc1OCC(=O)Nc1ccccc1)c1nc(-c2cccc([N+](=O)[O-])c2)cs1. The Morgan fingerprint density at radius 3 is 2.66 bits per heavy atom. The highest BCUT2D eigenvalue weighted by Crippen LogP contribution is 2.30. The molecule has 0 aliphatic heterocycles. The number of hydrogen-bond donors (Lipinski definition) is 1. The summed E-state index contributed by atoms with van der Waals surface area (Å²) in [6.07, 6.45) is 1.64. The Kier molecular flexibility index (Phi) is 7.25. The molecule has 1 N–H and O–H groups in total. The molecular formula is C26H18N4O4S. The molecule has 8 nitrogen and oxygen atoms in total. The Morgan fingerprint density at radius 1 is 1.11 bits per heavy atom. The fourth-order valence-electron chi connectivity index (χ4n) is 3.20. The first-order valence-corrected chi connectivity index (χ1v) is 11.3. The summed E-state index contributed by atoms with van der Waals surface area (Å²) >= 11 is 1.26. The highest BCUT2D eigenvalue weighted by molar-refractivity contribution is 7.11. The average molecular weight is 483 g/mol. The zero-order valence-electron chi connectivity index (χ0n) is 18.3. The van der Waals surface area contributed by atoms with E-state index in [1.165, 1.54) is 23.5 Å². The maximum absolute atomic E-state index is 12.2. The van der Waals surface area contributed by atoms with Gasteiger partial charge >= 0.3 is 0 Å². The third-order valence-corrected chi connectivity index (χ3v) is 5.72. The molecule has 4 rings (SSSR count). The number of hydrogen-bond acceptors (Lipinski definition) is 7. The predicted octanol–water partition coefficient (Wildman–Crippen LogP) is 5.80. The fraction of sp³-hybridized carbons (Fsp3) is 0.0385. The third-order valence-electron chi connectivity index (χ3n) is 4.84. The van der Waals surface area contributed by atoms with Gasteiger partial charge in [-0.2, -0.15) is 5.26 Å². The molecule has 172 valence electrons. The molecule has 0 fully saturated rings. The summed E-state index contributed by atoms with van der Waals surface area (Å²) in [6.45, 7) is -0.199. The lowest BCUT2D eigenvalue weighted by molar-refractivity contribution is -0.384. The van der Waals surface area contributed by atoms with Gasteiger partial charge < -0.3 is 10.1 Å². The molecular weight excluding hydrogens is 464 g/mol. The molecule has 0 saturated heterocycles. The van der Waals surface area contributed by atoms with Gasteiger partial charge in [-0.15, -0.1) is 11.3 Å². The second-order valence-electron chi connectivity index (χ2n) is 7.26. The number of rotatable bonds is 8. The number of nitro benzene ring substituents is 1. The quantitative estimate of drug-likeness (QED) is 0.193. The Morgan fingerprint density at radius 2 is 1.89 bits per heavy atom. The third kappa shape index (κ3) is 5.96. The van der Waals surface area contributed by atoms with E-state index in [4.69, 9.17) is 4.74 Å². The van der Waals surface area contributed by atoms with Crippen LogP contribution >= 0.6 is 11.3 Å². The van der Waals surface area contributed by atoms with E-state index in [-0.39, 0.29) is 18.2 Å². The Labute approximate surface area is 204 Å². The lowest BCUT2D eigenvalue weighted by Crippen LogP contribution is -2.20. The normalized spacial score (nSPS) is 10.9. The number of benzene rings is 3. The number of nitrogens with one attached hydrogen (secondary N) is 1. The Balaban J connectivity index is 1.52. The smallest absolute Gasteiger partial charge is 0.270 e. The van der Waals surface area contributed by atoms with Crippen LogP contribution in [0, 0.1) is 21.4 Å². The number of carbonyl (C=O) groups is 1. The molecule has 0 atom stereocenters. The van der Waals surface area contributed by atoms with Crippen LogP contribution in [0.15, 0.2) is 84.2 Å². The Bertz CT molecular complexity index is 1440. The summed E-state index contributed by atoms with van der Waals surface area (Å²) in [5.74, 6) is 0.135. The van der Waals surface area contributed by atoms with Crippen LogP contribution in [0.4, 0.5) is 11.4 Å². The molecule has 0 aliphatic carbocycles. The van der Waals surface area contributed by atoms with E-state index in [9.17, 15) is 20.2 Å². The molecule has 1 heterocycles. The fourth-order valence-corrected chi connectivity index (χ4v) is 3.99. The van der Waals surface area contributed by atoms with Crippen LogP contribution in [0.1, 0.15) is 10.6 Å². The van der Waals surface area contributed by atoms with Crippen LogP contribution in [0.5, 0.6) is 5.75 Å². The zero-order valence-corrected chi connectivity index (χ0v) is 19.1. The van der Waals surface area contributed by atoms with Crippen molar-refractivity contribution in [2.45, 2.75) is 0 Å².